The fourth-order valence-corrected chi connectivity index (χ4v) is 0. The second-order valence-electron chi connectivity index (χ2n) is 1.38. The average Bonchev–Trinajstić information content (AvgIpc) is 1.33. The smallest absolute Gasteiger partial charge is 0.0483 e. The van der Waals surface area contributed by atoms with Gasteiger partial charge in [0.25, 0.3) is 0 Å². The molecule has 0 aromatic heterocycles. The van der Waals surface area contributed by atoms with Crippen molar-refractivity contribution in [2.45, 2.75) is 26.9 Å². The summed E-state index contributed by atoms with van der Waals surface area (Å²) in [5.41, 5.74) is 0. The lowest BCUT2D eigenvalue weighted by Crippen LogP contribution is -1.85. The van der Waals surface area contributed by atoms with Crippen LogP contribution in [-0.4, -0.2) is 17.4 Å². The second-order valence-corrected chi connectivity index (χ2v) is 1.38. The van der Waals surface area contributed by atoms with Crippen molar-refractivity contribution in [3.63, 3.8) is 0 Å². The Morgan fingerprint density at radius 1 is 1.57 bits per heavy atom. The van der Waals surface area contributed by atoms with Crippen molar-refractivity contribution in [1.82, 2.24) is 0 Å². The van der Waals surface area contributed by atoms with Crippen LogP contribution in [0.15, 0.2) is 0 Å². The molecule has 0 aromatic carbocycles. The van der Waals surface area contributed by atoms with Gasteiger partial charge in [0, 0.05) is 6.10 Å². The van der Waals surface area contributed by atoms with Crippen molar-refractivity contribution in [2.24, 2.45) is 0 Å². The fraction of sp³-hybridized carbons (Fsp3) is 0.800. The summed E-state index contributed by atoms with van der Waals surface area (Å²) in [6.07, 6.45) is 1.08. The maximum Gasteiger partial charge on any atom is 0.0483 e. The third-order valence-electron chi connectivity index (χ3n) is 0. The fourth-order valence-electron chi connectivity index (χ4n) is 0. The van der Waals surface area contributed by atoms with E-state index in [0.29, 0.717) is 0 Å². The van der Waals surface area contributed by atoms with Crippen molar-refractivity contribution in [2.75, 3.05) is 0 Å². The van der Waals surface area contributed by atoms with Crippen molar-refractivity contribution >= 4 is 6.21 Å². The van der Waals surface area contributed by atoms with Crippen LogP contribution in [0.4, 0.5) is 0 Å². The Morgan fingerprint density at radius 2 is 1.57 bits per heavy atom. The third-order valence-corrected chi connectivity index (χ3v) is 0. The zero-order valence-electron chi connectivity index (χ0n) is 5.10. The molecule has 2 N–H and O–H groups in total. The molecule has 0 rings (SSSR count). The number of hydrogen-bond acceptors (Lipinski definition) is 2. The Kier molecular flexibility index (Phi) is 12.8. The second kappa shape index (κ2) is 9.16. The maximum atomic E-state index is 8.06. The van der Waals surface area contributed by atoms with Gasteiger partial charge in [-0.1, -0.05) is 0 Å². The van der Waals surface area contributed by atoms with Crippen LogP contribution in [0.1, 0.15) is 20.8 Å². The molecule has 0 radical (unpaired) electrons. The van der Waals surface area contributed by atoms with Gasteiger partial charge >= 0.3 is 0 Å². The van der Waals surface area contributed by atoms with Crippen molar-refractivity contribution < 1.29 is 5.11 Å². The molecule has 0 aliphatic heterocycles. The Balaban J connectivity index is 0. The molecular weight excluding hydrogens is 90.1 g/mol. The molecule has 0 aliphatic carbocycles. The molecule has 0 fully saturated rings. The Morgan fingerprint density at radius 3 is 1.57 bits per heavy atom. The Bertz CT molecular complexity index is 32.3. The molecule has 2 nitrogen and oxygen atoms in total. The summed E-state index contributed by atoms with van der Waals surface area (Å²) in [4.78, 5) is 0. The van der Waals surface area contributed by atoms with Crippen LogP contribution in [0.3, 0.4) is 0 Å². The van der Waals surface area contributed by atoms with Gasteiger partial charge in [0.2, 0.25) is 0 Å². The lowest BCUT2D eigenvalue weighted by Gasteiger charge is -1.80. The molecule has 0 aromatic rings. The highest BCUT2D eigenvalue weighted by Crippen LogP contribution is 1.65. The number of hydrogen-bond donors (Lipinski definition) is 2. The van der Waals surface area contributed by atoms with Gasteiger partial charge in [0.05, 0.1) is 0 Å². The van der Waals surface area contributed by atoms with Crippen LogP contribution in [0.5, 0.6) is 0 Å². The Labute approximate surface area is 44.7 Å². The van der Waals surface area contributed by atoms with E-state index in [9.17, 15) is 0 Å². The summed E-state index contributed by atoms with van der Waals surface area (Å²) >= 11 is 0. The number of aliphatic hydroxyl groups excluding tert-OH is 1. The molecule has 0 heterocycles. The molecule has 0 bridgehead atoms. The lowest BCUT2D eigenvalue weighted by molar-refractivity contribution is 0.216. The largest absolute Gasteiger partial charge is 0.394 e. The zero-order valence-corrected chi connectivity index (χ0v) is 5.10. The summed E-state index contributed by atoms with van der Waals surface area (Å²) < 4.78 is 0. The van der Waals surface area contributed by atoms with Gasteiger partial charge in [-0.05, 0) is 27.0 Å². The van der Waals surface area contributed by atoms with Gasteiger partial charge in [-0.2, -0.15) is 0 Å². The van der Waals surface area contributed by atoms with Crippen LogP contribution in [0.2, 0.25) is 0 Å². The van der Waals surface area contributed by atoms with E-state index in [1.807, 2.05) is 0 Å². The van der Waals surface area contributed by atoms with E-state index in [4.69, 9.17) is 10.5 Å². The molecule has 0 saturated heterocycles. The molecule has 2 heteroatoms. The van der Waals surface area contributed by atoms with Crippen LogP contribution < -0.4 is 0 Å². The summed E-state index contributed by atoms with van der Waals surface area (Å²) in [6.45, 7) is 5.11. The molecule has 44 valence electrons. The van der Waals surface area contributed by atoms with Crippen molar-refractivity contribution in [1.29, 1.82) is 5.41 Å². The first-order chi connectivity index (χ1) is 3.15. The molecule has 0 spiro atoms. The number of nitrogens with one attached hydrogen (secondary N) is 1. The van der Waals surface area contributed by atoms with E-state index in [2.05, 4.69) is 0 Å². The lowest BCUT2D eigenvalue weighted by atomic mass is 10.5. The van der Waals surface area contributed by atoms with Gasteiger partial charge in [0.1, 0.15) is 0 Å². The molecule has 0 amide bonds. The quantitative estimate of drug-likeness (QED) is 0.442. The molecule has 7 heavy (non-hydrogen) atoms. The molecular formula is C5H13NO. The first-order valence-corrected chi connectivity index (χ1v) is 2.28. The van der Waals surface area contributed by atoms with Crippen LogP contribution in [0, 0.1) is 5.41 Å². The summed E-state index contributed by atoms with van der Waals surface area (Å²) in [5, 5.41) is 14.1. The van der Waals surface area contributed by atoms with Gasteiger partial charge in [-0.3, -0.25) is 0 Å². The molecule has 0 atom stereocenters. The first-order valence-electron chi connectivity index (χ1n) is 2.28. The zero-order chi connectivity index (χ0) is 6.28. The molecule has 0 aliphatic rings. The van der Waals surface area contributed by atoms with E-state index < -0.39 is 0 Å². The minimum absolute atomic E-state index is 0.167. The normalized spacial score (nSPS) is 7.00. The SMILES string of the molecule is CC(C)O.CC=N. The highest BCUT2D eigenvalue weighted by molar-refractivity contribution is 5.48. The average molecular weight is 103 g/mol. The Hall–Kier alpha value is -0.370. The minimum atomic E-state index is -0.167. The van der Waals surface area contributed by atoms with E-state index in [-0.39, 0.29) is 6.10 Å². The third kappa shape index (κ3) is 542. The van der Waals surface area contributed by atoms with Crippen LogP contribution in [-0.2, 0) is 0 Å². The number of rotatable bonds is 0. The minimum Gasteiger partial charge on any atom is -0.394 e. The maximum absolute atomic E-state index is 8.06. The first kappa shape index (κ1) is 9.80. The number of aliphatic hydroxyl groups is 1. The van der Waals surface area contributed by atoms with E-state index in [1.54, 1.807) is 20.8 Å². The molecule has 0 saturated carbocycles. The van der Waals surface area contributed by atoms with E-state index in [0.717, 1.165) is 0 Å². The summed E-state index contributed by atoms with van der Waals surface area (Å²) in [6, 6.07) is 0. The van der Waals surface area contributed by atoms with E-state index >= 15 is 0 Å². The molecule has 0 unspecified atom stereocenters. The monoisotopic (exact) mass is 103 g/mol. The standard InChI is InChI=1S/C3H8O.C2H5N/c1-3(2)4;1-2-3/h3-4H,1-2H3;2-3H,1H3. The van der Waals surface area contributed by atoms with Crippen LogP contribution in [0.25, 0.3) is 0 Å². The predicted octanol–water partition coefficient (Wildman–Crippen LogP) is 1.04. The van der Waals surface area contributed by atoms with Crippen molar-refractivity contribution in [3.05, 3.63) is 0 Å². The van der Waals surface area contributed by atoms with Crippen LogP contribution >= 0.6 is 0 Å². The summed E-state index contributed by atoms with van der Waals surface area (Å²) in [7, 11) is 0. The topological polar surface area (TPSA) is 44.1 Å². The van der Waals surface area contributed by atoms with Gasteiger partial charge < -0.3 is 10.5 Å². The highest BCUT2D eigenvalue weighted by atomic mass is 16.3. The van der Waals surface area contributed by atoms with Gasteiger partial charge in [0.15, 0.2) is 0 Å². The van der Waals surface area contributed by atoms with E-state index in [1.165, 1.54) is 6.21 Å². The summed E-state index contributed by atoms with van der Waals surface area (Å²) in [5.74, 6) is 0. The highest BCUT2D eigenvalue weighted by Gasteiger charge is 1.69. The van der Waals surface area contributed by atoms with Gasteiger partial charge in [-0.15, -0.1) is 0 Å². The van der Waals surface area contributed by atoms with Crippen molar-refractivity contribution in [3.8, 4) is 0 Å². The predicted molar refractivity (Wildman–Crippen MR) is 31.8 cm³/mol. The van der Waals surface area contributed by atoms with Gasteiger partial charge in [-0.25, -0.2) is 0 Å².